The van der Waals surface area contributed by atoms with E-state index in [-0.39, 0.29) is 27.5 Å². The lowest BCUT2D eigenvalue weighted by Crippen LogP contribution is -2.19. The maximum atomic E-state index is 12.9. The zero-order valence-corrected chi connectivity index (χ0v) is 18.4. The fraction of sp³-hybridized carbons (Fsp3) is 0.222. The van der Waals surface area contributed by atoms with Gasteiger partial charge in [0.2, 0.25) is 6.79 Å². The summed E-state index contributed by atoms with van der Waals surface area (Å²) in [6.07, 6.45) is 0. The summed E-state index contributed by atoms with van der Waals surface area (Å²) in [6.45, 7) is 5.28. The van der Waals surface area contributed by atoms with Crippen molar-refractivity contribution in [3.8, 4) is 11.5 Å². The Bertz CT molecular complexity index is 1270. The number of nitrogens with one attached hydrogen (secondary N) is 2. The Morgan fingerprint density at radius 2 is 2.03 bits per heavy atom. The quantitative estimate of drug-likeness (QED) is 0.577. The molecule has 4 rings (SSSR count). The van der Waals surface area contributed by atoms with Gasteiger partial charge >= 0.3 is 0 Å². The molecule has 1 aliphatic heterocycles. The Kier molecular flexibility index (Phi) is 5.12. The number of hydrogen-bond donors (Lipinski definition) is 2. The molecule has 0 unspecified atom stereocenters. The van der Waals surface area contributed by atoms with E-state index < -0.39 is 15.9 Å². The number of anilines is 2. The first-order chi connectivity index (χ1) is 14.2. The lowest BCUT2D eigenvalue weighted by molar-refractivity contribution is 0.102. The molecule has 0 saturated heterocycles. The Morgan fingerprint density at radius 1 is 1.27 bits per heavy atom. The second kappa shape index (κ2) is 7.49. The normalized spacial score (nSPS) is 12.8. The van der Waals surface area contributed by atoms with E-state index in [9.17, 15) is 13.2 Å². The number of thiophene rings is 1. The number of fused-ring (bicyclic) bond motifs is 1. The molecule has 0 radical (unpaired) electrons. The standard InChI is InChI=1S/C18H16ClN3O6S2/c1-8-6-11-15(27-7-26-11)9(2)14(8)20-17(23)16-12(4-5-29-16)30(24,25)22-18-13(19)10(3)21-28-18/h4-6,22H,7H2,1-3H3,(H,20,23). The smallest absolute Gasteiger partial charge is 0.267 e. The van der Waals surface area contributed by atoms with Gasteiger partial charge in [-0.15, -0.1) is 11.3 Å². The van der Waals surface area contributed by atoms with E-state index in [0.29, 0.717) is 28.4 Å². The average molecular weight is 470 g/mol. The van der Waals surface area contributed by atoms with Crippen LogP contribution >= 0.6 is 22.9 Å². The average Bonchev–Trinajstić information content (AvgIpc) is 3.42. The maximum absolute atomic E-state index is 12.9. The number of nitrogens with zero attached hydrogens (tertiary/aromatic N) is 1. The summed E-state index contributed by atoms with van der Waals surface area (Å²) < 4.78 is 43.6. The minimum absolute atomic E-state index is 0.00586. The van der Waals surface area contributed by atoms with Gasteiger partial charge in [-0.05, 0) is 43.8 Å². The number of aromatic nitrogens is 1. The summed E-state index contributed by atoms with van der Waals surface area (Å²) in [5.41, 5.74) is 2.32. The molecular weight excluding hydrogens is 454 g/mol. The first-order valence-electron chi connectivity index (χ1n) is 8.62. The van der Waals surface area contributed by atoms with Crippen LogP contribution in [0, 0.1) is 20.8 Å². The maximum Gasteiger partial charge on any atom is 0.267 e. The molecule has 158 valence electrons. The lowest BCUT2D eigenvalue weighted by Gasteiger charge is -2.14. The molecule has 0 fully saturated rings. The number of amides is 1. The molecule has 2 N–H and O–H groups in total. The molecule has 0 atom stereocenters. The molecular formula is C18H16ClN3O6S2. The SMILES string of the molecule is Cc1cc2c(c(C)c1NC(=O)c1sccc1S(=O)(=O)Nc1onc(C)c1Cl)OCO2. The third kappa shape index (κ3) is 3.48. The van der Waals surface area contributed by atoms with Gasteiger partial charge in [0.15, 0.2) is 11.5 Å². The van der Waals surface area contributed by atoms with Crippen LogP contribution in [0.3, 0.4) is 0 Å². The van der Waals surface area contributed by atoms with Crippen LogP contribution in [-0.4, -0.2) is 26.3 Å². The number of carbonyl (C=O) groups excluding carboxylic acids is 1. The summed E-state index contributed by atoms with van der Waals surface area (Å²) in [7, 11) is -4.14. The largest absolute Gasteiger partial charge is 0.454 e. The highest BCUT2D eigenvalue weighted by atomic mass is 35.5. The third-order valence-electron chi connectivity index (χ3n) is 4.48. The molecule has 1 aliphatic rings. The van der Waals surface area contributed by atoms with Crippen molar-refractivity contribution in [2.24, 2.45) is 0 Å². The number of sulfonamides is 1. The van der Waals surface area contributed by atoms with Crippen molar-refractivity contribution in [1.82, 2.24) is 5.16 Å². The minimum atomic E-state index is -4.14. The molecule has 0 spiro atoms. The summed E-state index contributed by atoms with van der Waals surface area (Å²) in [4.78, 5) is 12.7. The molecule has 1 aromatic carbocycles. The number of carbonyl (C=O) groups is 1. The zero-order valence-electron chi connectivity index (χ0n) is 16.0. The van der Waals surface area contributed by atoms with E-state index in [1.807, 2.05) is 6.92 Å². The van der Waals surface area contributed by atoms with E-state index in [1.165, 1.54) is 11.4 Å². The van der Waals surface area contributed by atoms with Gasteiger partial charge in [-0.1, -0.05) is 16.8 Å². The molecule has 3 aromatic rings. The molecule has 0 saturated carbocycles. The van der Waals surface area contributed by atoms with Gasteiger partial charge < -0.3 is 19.3 Å². The van der Waals surface area contributed by atoms with Crippen LogP contribution in [0.4, 0.5) is 11.6 Å². The fourth-order valence-electron chi connectivity index (χ4n) is 3.00. The van der Waals surface area contributed by atoms with E-state index in [4.69, 9.17) is 25.6 Å². The van der Waals surface area contributed by atoms with Crippen LogP contribution in [0.25, 0.3) is 0 Å². The van der Waals surface area contributed by atoms with Crippen molar-refractivity contribution in [2.45, 2.75) is 25.7 Å². The first-order valence-corrected chi connectivity index (χ1v) is 11.4. The number of rotatable bonds is 5. The third-order valence-corrected chi connectivity index (χ3v) is 7.34. The number of aryl methyl sites for hydroxylation is 2. The molecule has 2 aromatic heterocycles. The second-order valence-corrected chi connectivity index (χ2v) is 9.46. The predicted molar refractivity (Wildman–Crippen MR) is 111 cm³/mol. The van der Waals surface area contributed by atoms with E-state index in [0.717, 1.165) is 16.9 Å². The van der Waals surface area contributed by atoms with Crippen molar-refractivity contribution >= 4 is 50.4 Å². The number of halogens is 1. The van der Waals surface area contributed by atoms with Crippen LogP contribution in [-0.2, 0) is 10.0 Å². The Hall–Kier alpha value is -2.76. The van der Waals surface area contributed by atoms with Crippen LogP contribution < -0.4 is 19.5 Å². The summed E-state index contributed by atoms with van der Waals surface area (Å²) in [5.74, 6) is 0.363. The molecule has 1 amide bonds. The van der Waals surface area contributed by atoms with Crippen LogP contribution in [0.1, 0.15) is 26.5 Å². The lowest BCUT2D eigenvalue weighted by atomic mass is 10.1. The molecule has 0 aliphatic carbocycles. The second-order valence-electron chi connectivity index (χ2n) is 6.51. The Balaban J connectivity index is 1.64. The predicted octanol–water partition coefficient (Wildman–Crippen LogP) is 4.10. The summed E-state index contributed by atoms with van der Waals surface area (Å²) >= 11 is 6.98. The minimum Gasteiger partial charge on any atom is -0.454 e. The van der Waals surface area contributed by atoms with E-state index in [1.54, 1.807) is 19.9 Å². The fourth-order valence-corrected chi connectivity index (χ4v) is 5.49. The van der Waals surface area contributed by atoms with Crippen molar-refractivity contribution in [2.75, 3.05) is 16.8 Å². The van der Waals surface area contributed by atoms with Gasteiger partial charge in [0.05, 0.1) is 5.69 Å². The molecule has 3 heterocycles. The Labute approximate surface area is 181 Å². The number of ether oxygens (including phenoxy) is 2. The first kappa shape index (κ1) is 20.5. The van der Waals surface area contributed by atoms with Gasteiger partial charge in [0.25, 0.3) is 21.8 Å². The monoisotopic (exact) mass is 469 g/mol. The highest BCUT2D eigenvalue weighted by Crippen LogP contribution is 2.41. The Morgan fingerprint density at radius 3 is 2.73 bits per heavy atom. The van der Waals surface area contributed by atoms with Crippen LogP contribution in [0.2, 0.25) is 5.02 Å². The van der Waals surface area contributed by atoms with Crippen LogP contribution in [0.5, 0.6) is 11.5 Å². The van der Waals surface area contributed by atoms with Gasteiger partial charge in [0.1, 0.15) is 20.5 Å². The topological polar surface area (TPSA) is 120 Å². The molecule has 0 bridgehead atoms. The number of benzene rings is 1. The van der Waals surface area contributed by atoms with Gasteiger partial charge in [0, 0.05) is 5.56 Å². The summed E-state index contributed by atoms with van der Waals surface area (Å²) in [6, 6.07) is 3.09. The van der Waals surface area contributed by atoms with Gasteiger partial charge in [-0.2, -0.15) is 0 Å². The summed E-state index contributed by atoms with van der Waals surface area (Å²) in [5, 5.41) is 7.95. The highest BCUT2D eigenvalue weighted by molar-refractivity contribution is 7.93. The van der Waals surface area contributed by atoms with Gasteiger partial charge in [-0.25, -0.2) is 13.1 Å². The molecule has 30 heavy (non-hydrogen) atoms. The van der Waals surface area contributed by atoms with E-state index in [2.05, 4.69) is 15.2 Å². The van der Waals surface area contributed by atoms with E-state index >= 15 is 0 Å². The van der Waals surface area contributed by atoms with Crippen molar-refractivity contribution in [3.05, 3.63) is 44.2 Å². The van der Waals surface area contributed by atoms with Gasteiger partial charge in [-0.3, -0.25) is 4.79 Å². The van der Waals surface area contributed by atoms with Crippen molar-refractivity contribution in [1.29, 1.82) is 0 Å². The van der Waals surface area contributed by atoms with Crippen LogP contribution in [0.15, 0.2) is 26.9 Å². The van der Waals surface area contributed by atoms with Crippen molar-refractivity contribution < 1.29 is 27.2 Å². The zero-order chi connectivity index (χ0) is 21.6. The highest BCUT2D eigenvalue weighted by Gasteiger charge is 2.28. The number of hydrogen-bond acceptors (Lipinski definition) is 8. The molecule has 12 heteroatoms. The molecule has 9 nitrogen and oxygen atoms in total. The van der Waals surface area contributed by atoms with Crippen molar-refractivity contribution in [3.63, 3.8) is 0 Å².